The van der Waals surface area contributed by atoms with Crippen molar-refractivity contribution in [3.05, 3.63) is 35.4 Å². The van der Waals surface area contributed by atoms with Gasteiger partial charge in [-0.2, -0.15) is 0 Å². The molecule has 0 saturated carbocycles. The largest absolute Gasteiger partial charge is 0.490 e. The number of ether oxygens (including phenoxy) is 1. The number of carboxylic acid groups (broad SMARTS) is 1. The fraction of sp³-hybridized carbons (Fsp3) is 0.250. The summed E-state index contributed by atoms with van der Waals surface area (Å²) in [5.74, 6) is -0.504. The summed E-state index contributed by atoms with van der Waals surface area (Å²) in [5.41, 5.74) is 1.48. The van der Waals surface area contributed by atoms with Gasteiger partial charge in [-0.15, -0.1) is 0 Å². The third kappa shape index (κ3) is 3.38. The first-order valence-corrected chi connectivity index (χ1v) is 4.84. The maximum atomic E-state index is 12.0. The lowest BCUT2D eigenvalue weighted by atomic mass is 10.1. The van der Waals surface area contributed by atoms with E-state index in [2.05, 4.69) is 0 Å². The average Bonchev–Trinajstić information content (AvgIpc) is 2.25. The first-order valence-electron chi connectivity index (χ1n) is 4.84. The van der Waals surface area contributed by atoms with Crippen molar-refractivity contribution in [3.63, 3.8) is 0 Å². The highest BCUT2D eigenvalue weighted by molar-refractivity contribution is 5.86. The minimum atomic E-state index is -1.03. The van der Waals surface area contributed by atoms with Crippen LogP contribution in [0.1, 0.15) is 11.1 Å². The number of halogens is 1. The Hall–Kier alpha value is -1.84. The van der Waals surface area contributed by atoms with Gasteiger partial charge in [-0.25, -0.2) is 9.18 Å². The standard InChI is InChI=1S/C12H13FO3/c1-9-3-2-4-10(5-6-11(14)15)12(9)16-8-7-13/h2-6H,7-8H2,1H3,(H,14,15)/b6-5+. The molecule has 0 radical (unpaired) electrons. The number of aryl methyl sites for hydroxylation is 1. The number of para-hydroxylation sites is 1. The van der Waals surface area contributed by atoms with Crippen molar-refractivity contribution in [1.82, 2.24) is 0 Å². The predicted octanol–water partition coefficient (Wildman–Crippen LogP) is 2.44. The molecule has 0 amide bonds. The first kappa shape index (κ1) is 12.2. The Kier molecular flexibility index (Phi) is 4.51. The zero-order valence-corrected chi connectivity index (χ0v) is 8.94. The van der Waals surface area contributed by atoms with Crippen LogP contribution in [0.15, 0.2) is 24.3 Å². The van der Waals surface area contributed by atoms with Crippen LogP contribution < -0.4 is 4.74 Å². The number of benzene rings is 1. The molecule has 0 aromatic heterocycles. The first-order chi connectivity index (χ1) is 7.65. The Balaban J connectivity index is 2.97. The molecule has 0 atom stereocenters. The number of hydrogen-bond acceptors (Lipinski definition) is 2. The molecule has 3 nitrogen and oxygen atoms in total. The smallest absolute Gasteiger partial charge is 0.328 e. The molecule has 0 fully saturated rings. The van der Waals surface area contributed by atoms with Crippen LogP contribution >= 0.6 is 0 Å². The predicted molar refractivity (Wildman–Crippen MR) is 59.3 cm³/mol. The molecule has 0 bridgehead atoms. The molecule has 16 heavy (non-hydrogen) atoms. The SMILES string of the molecule is Cc1cccc(/C=C/C(=O)O)c1OCCF. The van der Waals surface area contributed by atoms with Crippen LogP contribution in [-0.4, -0.2) is 24.4 Å². The van der Waals surface area contributed by atoms with E-state index in [1.165, 1.54) is 6.08 Å². The molecule has 0 aliphatic heterocycles. The molecule has 1 aromatic carbocycles. The Morgan fingerprint density at radius 1 is 1.56 bits per heavy atom. The van der Waals surface area contributed by atoms with Gasteiger partial charge in [0.2, 0.25) is 0 Å². The summed E-state index contributed by atoms with van der Waals surface area (Å²) in [6.45, 7) is 1.22. The zero-order chi connectivity index (χ0) is 12.0. The van der Waals surface area contributed by atoms with Crippen molar-refractivity contribution in [3.8, 4) is 5.75 Å². The minimum Gasteiger partial charge on any atom is -0.490 e. The number of rotatable bonds is 5. The van der Waals surface area contributed by atoms with Gasteiger partial charge >= 0.3 is 5.97 Å². The lowest BCUT2D eigenvalue weighted by Gasteiger charge is -2.10. The Morgan fingerprint density at radius 3 is 2.94 bits per heavy atom. The van der Waals surface area contributed by atoms with Gasteiger partial charge in [0.05, 0.1) is 0 Å². The summed E-state index contributed by atoms with van der Waals surface area (Å²) >= 11 is 0. The van der Waals surface area contributed by atoms with Crippen LogP contribution in [0.5, 0.6) is 5.75 Å². The van der Waals surface area contributed by atoms with Gasteiger partial charge in [-0.1, -0.05) is 18.2 Å². The molecule has 0 unspecified atom stereocenters. The second-order valence-corrected chi connectivity index (χ2v) is 3.20. The maximum absolute atomic E-state index is 12.0. The topological polar surface area (TPSA) is 46.5 Å². The molecule has 0 spiro atoms. The molecule has 0 saturated heterocycles. The molecular formula is C12H13FO3. The fourth-order valence-corrected chi connectivity index (χ4v) is 1.31. The lowest BCUT2D eigenvalue weighted by Crippen LogP contribution is -2.01. The van der Waals surface area contributed by atoms with Crippen molar-refractivity contribution in [2.75, 3.05) is 13.3 Å². The molecule has 4 heteroatoms. The van der Waals surface area contributed by atoms with Crippen LogP contribution in [-0.2, 0) is 4.79 Å². The summed E-state index contributed by atoms with van der Waals surface area (Å²) in [6.07, 6.45) is 2.46. The number of carbonyl (C=O) groups is 1. The van der Waals surface area contributed by atoms with Crippen molar-refractivity contribution in [2.24, 2.45) is 0 Å². The molecule has 1 rings (SSSR count). The van der Waals surface area contributed by atoms with Crippen LogP contribution in [0.3, 0.4) is 0 Å². The molecular weight excluding hydrogens is 211 g/mol. The van der Waals surface area contributed by atoms with Gasteiger partial charge in [0.15, 0.2) is 0 Å². The number of aliphatic carboxylic acids is 1. The second-order valence-electron chi connectivity index (χ2n) is 3.20. The van der Waals surface area contributed by atoms with Gasteiger partial charge < -0.3 is 9.84 Å². The molecule has 1 N–H and O–H groups in total. The molecule has 0 aliphatic carbocycles. The molecule has 0 aliphatic rings. The van der Waals surface area contributed by atoms with Crippen LogP contribution in [0.4, 0.5) is 4.39 Å². The van der Waals surface area contributed by atoms with Crippen molar-refractivity contribution in [1.29, 1.82) is 0 Å². The number of alkyl halides is 1. The van der Waals surface area contributed by atoms with E-state index in [4.69, 9.17) is 9.84 Å². The van der Waals surface area contributed by atoms with E-state index in [9.17, 15) is 9.18 Å². The van der Waals surface area contributed by atoms with Crippen LogP contribution in [0, 0.1) is 6.92 Å². The van der Waals surface area contributed by atoms with Crippen LogP contribution in [0.2, 0.25) is 0 Å². The third-order valence-corrected chi connectivity index (χ3v) is 1.97. The molecule has 86 valence electrons. The summed E-state index contributed by atoms with van der Waals surface area (Å²) < 4.78 is 17.2. The highest BCUT2D eigenvalue weighted by Gasteiger charge is 2.04. The Labute approximate surface area is 93.2 Å². The monoisotopic (exact) mass is 224 g/mol. The van der Waals surface area contributed by atoms with Gasteiger partial charge in [0, 0.05) is 11.6 Å². The molecule has 1 aromatic rings. The van der Waals surface area contributed by atoms with E-state index in [0.29, 0.717) is 11.3 Å². The highest BCUT2D eigenvalue weighted by Crippen LogP contribution is 2.24. The van der Waals surface area contributed by atoms with E-state index < -0.39 is 12.6 Å². The minimum absolute atomic E-state index is 0.0290. The van der Waals surface area contributed by atoms with E-state index in [-0.39, 0.29) is 6.61 Å². The number of carboxylic acids is 1. The lowest BCUT2D eigenvalue weighted by molar-refractivity contribution is -0.131. The van der Waals surface area contributed by atoms with Crippen molar-refractivity contribution < 1.29 is 19.0 Å². The number of hydrogen-bond donors (Lipinski definition) is 1. The van der Waals surface area contributed by atoms with Crippen molar-refractivity contribution in [2.45, 2.75) is 6.92 Å². The normalized spacial score (nSPS) is 10.6. The summed E-state index contributed by atoms with van der Waals surface area (Å²) in [4.78, 5) is 10.4. The summed E-state index contributed by atoms with van der Waals surface area (Å²) in [6, 6.07) is 5.34. The average molecular weight is 224 g/mol. The Bertz CT molecular complexity index is 399. The Morgan fingerprint density at radius 2 is 2.31 bits per heavy atom. The second kappa shape index (κ2) is 5.90. The fourth-order valence-electron chi connectivity index (χ4n) is 1.31. The van der Waals surface area contributed by atoms with Gasteiger partial charge in [0.1, 0.15) is 19.0 Å². The van der Waals surface area contributed by atoms with Gasteiger partial charge in [0.25, 0.3) is 0 Å². The summed E-state index contributed by atoms with van der Waals surface area (Å²) in [5, 5.41) is 8.52. The van der Waals surface area contributed by atoms with Crippen molar-refractivity contribution >= 4 is 12.0 Å². The van der Waals surface area contributed by atoms with Gasteiger partial charge in [-0.05, 0) is 18.6 Å². The van der Waals surface area contributed by atoms with Crippen LogP contribution in [0.25, 0.3) is 6.08 Å². The van der Waals surface area contributed by atoms with E-state index >= 15 is 0 Å². The van der Waals surface area contributed by atoms with Gasteiger partial charge in [-0.3, -0.25) is 0 Å². The van der Waals surface area contributed by atoms with E-state index in [0.717, 1.165) is 11.6 Å². The quantitative estimate of drug-likeness (QED) is 0.781. The van der Waals surface area contributed by atoms with E-state index in [1.54, 1.807) is 12.1 Å². The summed E-state index contributed by atoms with van der Waals surface area (Å²) in [7, 11) is 0. The highest BCUT2D eigenvalue weighted by atomic mass is 19.1. The third-order valence-electron chi connectivity index (χ3n) is 1.97. The van der Waals surface area contributed by atoms with E-state index in [1.807, 2.05) is 13.0 Å². The molecule has 0 heterocycles. The maximum Gasteiger partial charge on any atom is 0.328 e. The zero-order valence-electron chi connectivity index (χ0n) is 8.94.